The highest BCUT2D eigenvalue weighted by Crippen LogP contribution is 2.22. The Kier molecular flexibility index (Phi) is 1.22. The SMILES string of the molecule is Cc1cccc2c(F)coc12. The maximum Gasteiger partial charge on any atom is 0.169 e. The number of para-hydroxylation sites is 1. The van der Waals surface area contributed by atoms with Gasteiger partial charge < -0.3 is 4.42 Å². The van der Waals surface area contributed by atoms with Crippen molar-refractivity contribution in [3.8, 4) is 0 Å². The molecule has 0 aliphatic carbocycles. The van der Waals surface area contributed by atoms with Crippen LogP contribution in [0.3, 0.4) is 0 Å². The smallest absolute Gasteiger partial charge is 0.169 e. The molecule has 0 saturated carbocycles. The second-order valence-corrected chi connectivity index (χ2v) is 2.54. The Labute approximate surface area is 63.4 Å². The third-order valence-electron chi connectivity index (χ3n) is 1.75. The lowest BCUT2D eigenvalue weighted by molar-refractivity contribution is 0.557. The molecule has 1 aromatic heterocycles. The molecule has 11 heavy (non-hydrogen) atoms. The Balaban J connectivity index is 2.94. The van der Waals surface area contributed by atoms with Gasteiger partial charge in [0.15, 0.2) is 5.82 Å². The molecule has 0 unspecified atom stereocenters. The van der Waals surface area contributed by atoms with E-state index in [1.54, 1.807) is 6.07 Å². The van der Waals surface area contributed by atoms with Crippen LogP contribution in [0.15, 0.2) is 28.9 Å². The number of hydrogen-bond donors (Lipinski definition) is 0. The van der Waals surface area contributed by atoms with Crippen LogP contribution in [0, 0.1) is 12.7 Å². The van der Waals surface area contributed by atoms with Gasteiger partial charge in [-0.2, -0.15) is 0 Å². The van der Waals surface area contributed by atoms with E-state index >= 15 is 0 Å². The number of benzene rings is 1. The standard InChI is InChI=1S/C9H7FO/c1-6-3-2-4-7-8(10)5-11-9(6)7/h2-5H,1H3. The summed E-state index contributed by atoms with van der Waals surface area (Å²) in [4.78, 5) is 0. The first kappa shape index (κ1) is 6.40. The highest BCUT2D eigenvalue weighted by atomic mass is 19.1. The molecule has 0 radical (unpaired) electrons. The molecule has 2 heteroatoms. The number of furan rings is 1. The number of halogens is 1. The summed E-state index contributed by atoms with van der Waals surface area (Å²) in [7, 11) is 0. The molecule has 0 aliphatic rings. The molecule has 1 nitrogen and oxygen atoms in total. The fraction of sp³-hybridized carbons (Fsp3) is 0.111. The summed E-state index contributed by atoms with van der Waals surface area (Å²) in [6.45, 7) is 1.89. The molecule has 0 aliphatic heterocycles. The first-order chi connectivity index (χ1) is 5.29. The van der Waals surface area contributed by atoms with Crippen molar-refractivity contribution in [1.82, 2.24) is 0 Å². The molecule has 1 aromatic carbocycles. The largest absolute Gasteiger partial charge is 0.461 e. The highest BCUT2D eigenvalue weighted by Gasteiger charge is 2.05. The Morgan fingerprint density at radius 3 is 2.91 bits per heavy atom. The minimum Gasteiger partial charge on any atom is -0.461 e. The van der Waals surface area contributed by atoms with Gasteiger partial charge in [0.2, 0.25) is 0 Å². The van der Waals surface area contributed by atoms with E-state index in [0.717, 1.165) is 11.8 Å². The Bertz CT molecular complexity index is 389. The van der Waals surface area contributed by atoms with E-state index in [0.29, 0.717) is 11.0 Å². The van der Waals surface area contributed by atoms with Crippen molar-refractivity contribution < 1.29 is 8.81 Å². The van der Waals surface area contributed by atoms with Gasteiger partial charge in [-0.3, -0.25) is 0 Å². The van der Waals surface area contributed by atoms with Crippen LogP contribution < -0.4 is 0 Å². The van der Waals surface area contributed by atoms with E-state index in [1.165, 1.54) is 0 Å². The predicted molar refractivity (Wildman–Crippen MR) is 40.9 cm³/mol. The molecular formula is C9H7FO. The Hall–Kier alpha value is -1.31. The quantitative estimate of drug-likeness (QED) is 0.562. The van der Waals surface area contributed by atoms with E-state index in [4.69, 9.17) is 4.42 Å². The van der Waals surface area contributed by atoms with Crippen LogP contribution in [-0.4, -0.2) is 0 Å². The lowest BCUT2D eigenvalue weighted by Crippen LogP contribution is -1.72. The molecule has 0 atom stereocenters. The summed E-state index contributed by atoms with van der Waals surface area (Å²) < 4.78 is 17.8. The molecule has 2 rings (SSSR count). The molecule has 0 saturated heterocycles. The van der Waals surface area contributed by atoms with E-state index in [-0.39, 0.29) is 5.82 Å². The number of aryl methyl sites for hydroxylation is 1. The minimum atomic E-state index is -0.288. The first-order valence-electron chi connectivity index (χ1n) is 3.41. The second-order valence-electron chi connectivity index (χ2n) is 2.54. The highest BCUT2D eigenvalue weighted by molar-refractivity contribution is 5.80. The predicted octanol–water partition coefficient (Wildman–Crippen LogP) is 2.88. The van der Waals surface area contributed by atoms with E-state index in [1.807, 2.05) is 19.1 Å². The number of fused-ring (bicyclic) bond motifs is 1. The van der Waals surface area contributed by atoms with Crippen LogP contribution in [0.4, 0.5) is 4.39 Å². The third-order valence-corrected chi connectivity index (χ3v) is 1.75. The van der Waals surface area contributed by atoms with Crippen LogP contribution in [-0.2, 0) is 0 Å². The zero-order valence-electron chi connectivity index (χ0n) is 6.10. The third kappa shape index (κ3) is 0.827. The second kappa shape index (κ2) is 2.09. The van der Waals surface area contributed by atoms with Crippen LogP contribution in [0.5, 0.6) is 0 Å². The average molecular weight is 150 g/mol. The molecule has 0 spiro atoms. The maximum absolute atomic E-state index is 12.8. The molecular weight excluding hydrogens is 143 g/mol. The van der Waals surface area contributed by atoms with Crippen LogP contribution in [0.2, 0.25) is 0 Å². The van der Waals surface area contributed by atoms with Gasteiger partial charge in [-0.1, -0.05) is 12.1 Å². The van der Waals surface area contributed by atoms with Gasteiger partial charge in [-0.15, -0.1) is 0 Å². The van der Waals surface area contributed by atoms with Crippen molar-refractivity contribution in [3.63, 3.8) is 0 Å². The van der Waals surface area contributed by atoms with Crippen molar-refractivity contribution >= 4 is 11.0 Å². The normalized spacial score (nSPS) is 10.7. The summed E-state index contributed by atoms with van der Waals surface area (Å²) in [6.07, 6.45) is 1.14. The Morgan fingerprint density at radius 1 is 1.36 bits per heavy atom. The van der Waals surface area contributed by atoms with Gasteiger partial charge in [-0.05, 0) is 18.6 Å². The van der Waals surface area contributed by atoms with E-state index in [9.17, 15) is 4.39 Å². The fourth-order valence-corrected chi connectivity index (χ4v) is 1.17. The van der Waals surface area contributed by atoms with Crippen LogP contribution >= 0.6 is 0 Å². The van der Waals surface area contributed by atoms with E-state index in [2.05, 4.69) is 0 Å². The van der Waals surface area contributed by atoms with Gasteiger partial charge >= 0.3 is 0 Å². The molecule has 0 amide bonds. The van der Waals surface area contributed by atoms with Gasteiger partial charge in [-0.25, -0.2) is 4.39 Å². The first-order valence-corrected chi connectivity index (χ1v) is 3.41. The van der Waals surface area contributed by atoms with Crippen molar-refractivity contribution in [2.24, 2.45) is 0 Å². The Morgan fingerprint density at radius 2 is 2.18 bits per heavy atom. The molecule has 1 heterocycles. The fourth-order valence-electron chi connectivity index (χ4n) is 1.17. The summed E-state index contributed by atoms with van der Waals surface area (Å²) in [5, 5.41) is 0.560. The summed E-state index contributed by atoms with van der Waals surface area (Å²) >= 11 is 0. The van der Waals surface area contributed by atoms with E-state index < -0.39 is 0 Å². The summed E-state index contributed by atoms with van der Waals surface area (Å²) in [5.41, 5.74) is 1.61. The van der Waals surface area contributed by atoms with Crippen LogP contribution in [0.25, 0.3) is 11.0 Å². The van der Waals surface area contributed by atoms with Gasteiger partial charge in [0.25, 0.3) is 0 Å². The molecule has 0 bridgehead atoms. The van der Waals surface area contributed by atoms with Crippen molar-refractivity contribution in [1.29, 1.82) is 0 Å². The zero-order valence-corrected chi connectivity index (χ0v) is 6.10. The average Bonchev–Trinajstić information content (AvgIpc) is 2.35. The topological polar surface area (TPSA) is 13.1 Å². The van der Waals surface area contributed by atoms with Gasteiger partial charge in [0, 0.05) is 0 Å². The van der Waals surface area contributed by atoms with Crippen molar-refractivity contribution in [2.45, 2.75) is 6.92 Å². The van der Waals surface area contributed by atoms with Crippen molar-refractivity contribution in [3.05, 3.63) is 35.8 Å². The van der Waals surface area contributed by atoms with Gasteiger partial charge in [0.05, 0.1) is 5.39 Å². The molecule has 2 aromatic rings. The summed E-state index contributed by atoms with van der Waals surface area (Å²) in [6, 6.07) is 5.42. The summed E-state index contributed by atoms with van der Waals surface area (Å²) in [5.74, 6) is -0.288. The molecule has 56 valence electrons. The lowest BCUT2D eigenvalue weighted by atomic mass is 10.2. The van der Waals surface area contributed by atoms with Gasteiger partial charge in [0.1, 0.15) is 11.8 Å². The van der Waals surface area contributed by atoms with Crippen molar-refractivity contribution in [2.75, 3.05) is 0 Å². The molecule has 0 N–H and O–H groups in total. The van der Waals surface area contributed by atoms with Crippen LogP contribution in [0.1, 0.15) is 5.56 Å². The molecule has 0 fully saturated rings. The minimum absolute atomic E-state index is 0.288. The number of hydrogen-bond acceptors (Lipinski definition) is 1. The lowest BCUT2D eigenvalue weighted by Gasteiger charge is -1.90. The monoisotopic (exact) mass is 150 g/mol. The zero-order chi connectivity index (χ0) is 7.84. The number of rotatable bonds is 0. The maximum atomic E-state index is 12.8.